The SMILES string of the molecule is CC1CC(CN)CN1C(=O)CNS(=O)(=O)c1ccc2c(c1)COC2.Cl. The summed E-state index contributed by atoms with van der Waals surface area (Å²) in [4.78, 5) is 14.2. The number of amides is 1. The summed E-state index contributed by atoms with van der Waals surface area (Å²) in [5.41, 5.74) is 7.54. The van der Waals surface area contributed by atoms with E-state index in [-0.39, 0.29) is 41.7 Å². The highest BCUT2D eigenvalue weighted by molar-refractivity contribution is 7.89. The van der Waals surface area contributed by atoms with Gasteiger partial charge < -0.3 is 15.4 Å². The minimum atomic E-state index is -3.72. The van der Waals surface area contributed by atoms with E-state index in [1.54, 1.807) is 23.1 Å². The first-order chi connectivity index (χ1) is 11.4. The van der Waals surface area contributed by atoms with E-state index < -0.39 is 10.0 Å². The second-order valence-corrected chi connectivity index (χ2v) is 8.25. The Morgan fingerprint density at radius 2 is 2.08 bits per heavy atom. The summed E-state index contributed by atoms with van der Waals surface area (Å²) in [7, 11) is -3.72. The molecule has 1 aromatic rings. The lowest BCUT2D eigenvalue weighted by Gasteiger charge is -2.21. The number of nitrogens with two attached hydrogens (primary N) is 1. The highest BCUT2D eigenvalue weighted by atomic mass is 35.5. The molecule has 25 heavy (non-hydrogen) atoms. The van der Waals surface area contributed by atoms with E-state index >= 15 is 0 Å². The Kier molecular flexibility index (Phi) is 6.45. The minimum absolute atomic E-state index is 0. The van der Waals surface area contributed by atoms with E-state index in [0.717, 1.165) is 17.5 Å². The standard InChI is InChI=1S/C16H23N3O4S.ClH/c1-11-4-12(6-17)8-19(11)16(20)7-18-24(21,22)15-3-2-13-9-23-10-14(13)5-15;/h2-3,5,11-12,18H,4,6-10,17H2,1H3;1H. The quantitative estimate of drug-likeness (QED) is 0.768. The van der Waals surface area contributed by atoms with Gasteiger partial charge in [-0.15, -0.1) is 12.4 Å². The molecular formula is C16H24ClN3O4S. The number of sulfonamides is 1. The molecule has 0 bridgehead atoms. The average Bonchev–Trinajstić information content (AvgIpc) is 3.18. The van der Waals surface area contributed by atoms with E-state index in [4.69, 9.17) is 10.5 Å². The number of likely N-dealkylation sites (tertiary alicyclic amines) is 1. The van der Waals surface area contributed by atoms with Crippen LogP contribution in [-0.2, 0) is 32.8 Å². The summed E-state index contributed by atoms with van der Waals surface area (Å²) in [6.07, 6.45) is 0.861. The Morgan fingerprint density at radius 1 is 1.36 bits per heavy atom. The Bertz CT molecular complexity index is 741. The van der Waals surface area contributed by atoms with Gasteiger partial charge in [0, 0.05) is 12.6 Å². The van der Waals surface area contributed by atoms with Crippen molar-refractivity contribution in [3.05, 3.63) is 29.3 Å². The van der Waals surface area contributed by atoms with Crippen molar-refractivity contribution in [3.8, 4) is 0 Å². The molecule has 2 atom stereocenters. The van der Waals surface area contributed by atoms with Crippen LogP contribution in [0.15, 0.2) is 23.1 Å². The number of carbonyl (C=O) groups excluding carboxylic acids is 1. The van der Waals surface area contributed by atoms with E-state index in [1.807, 2.05) is 6.92 Å². The van der Waals surface area contributed by atoms with Crippen molar-refractivity contribution < 1.29 is 17.9 Å². The number of nitrogens with zero attached hydrogens (tertiary/aromatic N) is 1. The molecule has 0 aliphatic carbocycles. The molecule has 0 saturated carbocycles. The zero-order valence-electron chi connectivity index (χ0n) is 14.1. The first-order valence-corrected chi connectivity index (χ1v) is 9.58. The molecule has 1 saturated heterocycles. The summed E-state index contributed by atoms with van der Waals surface area (Å²) in [5.74, 6) is 0.0730. The van der Waals surface area contributed by atoms with Crippen molar-refractivity contribution in [1.29, 1.82) is 0 Å². The largest absolute Gasteiger partial charge is 0.372 e. The fourth-order valence-corrected chi connectivity index (χ4v) is 4.34. The van der Waals surface area contributed by atoms with Gasteiger partial charge in [-0.1, -0.05) is 6.07 Å². The van der Waals surface area contributed by atoms with Crippen molar-refractivity contribution in [1.82, 2.24) is 9.62 Å². The Hall–Kier alpha value is -1.19. The molecule has 2 aliphatic rings. The van der Waals surface area contributed by atoms with Gasteiger partial charge in [-0.3, -0.25) is 4.79 Å². The fraction of sp³-hybridized carbons (Fsp3) is 0.562. The molecule has 3 N–H and O–H groups in total. The summed E-state index contributed by atoms with van der Waals surface area (Å²) >= 11 is 0. The van der Waals surface area contributed by atoms with Crippen LogP contribution in [-0.4, -0.2) is 44.9 Å². The molecule has 2 unspecified atom stereocenters. The minimum Gasteiger partial charge on any atom is -0.372 e. The molecule has 1 fully saturated rings. The van der Waals surface area contributed by atoms with Gasteiger partial charge >= 0.3 is 0 Å². The van der Waals surface area contributed by atoms with Crippen LogP contribution in [0, 0.1) is 5.92 Å². The van der Waals surface area contributed by atoms with Crippen molar-refractivity contribution in [2.45, 2.75) is 37.5 Å². The summed E-state index contributed by atoms with van der Waals surface area (Å²) in [6, 6.07) is 5.00. The number of carbonyl (C=O) groups is 1. The molecule has 140 valence electrons. The lowest BCUT2D eigenvalue weighted by atomic mass is 10.1. The Labute approximate surface area is 154 Å². The zero-order chi connectivity index (χ0) is 17.3. The van der Waals surface area contributed by atoms with Crippen LogP contribution in [0.4, 0.5) is 0 Å². The lowest BCUT2D eigenvalue weighted by molar-refractivity contribution is -0.130. The third kappa shape index (κ3) is 4.32. The number of hydrogen-bond acceptors (Lipinski definition) is 5. The van der Waals surface area contributed by atoms with Crippen LogP contribution in [0.25, 0.3) is 0 Å². The van der Waals surface area contributed by atoms with Crippen molar-refractivity contribution in [2.24, 2.45) is 11.7 Å². The smallest absolute Gasteiger partial charge is 0.241 e. The average molecular weight is 390 g/mol. The predicted octanol–water partition coefficient (Wildman–Crippen LogP) is 0.613. The van der Waals surface area contributed by atoms with Gasteiger partial charge in [0.15, 0.2) is 0 Å². The van der Waals surface area contributed by atoms with Gasteiger partial charge in [-0.25, -0.2) is 13.1 Å². The maximum absolute atomic E-state index is 12.4. The van der Waals surface area contributed by atoms with Crippen LogP contribution in [0.1, 0.15) is 24.5 Å². The Morgan fingerprint density at radius 3 is 2.76 bits per heavy atom. The highest BCUT2D eigenvalue weighted by Crippen LogP contribution is 2.24. The maximum atomic E-state index is 12.4. The van der Waals surface area contributed by atoms with Crippen LogP contribution in [0.3, 0.4) is 0 Å². The first kappa shape index (κ1) is 20.1. The molecule has 9 heteroatoms. The molecule has 0 aromatic heterocycles. The number of halogens is 1. The summed E-state index contributed by atoms with van der Waals surface area (Å²) < 4.78 is 32.5. The monoisotopic (exact) mass is 389 g/mol. The molecule has 3 rings (SSSR count). The zero-order valence-corrected chi connectivity index (χ0v) is 15.7. The van der Waals surface area contributed by atoms with E-state index in [0.29, 0.717) is 26.3 Å². The molecular weight excluding hydrogens is 366 g/mol. The number of hydrogen-bond donors (Lipinski definition) is 2. The van der Waals surface area contributed by atoms with Crippen LogP contribution >= 0.6 is 12.4 Å². The second-order valence-electron chi connectivity index (χ2n) is 6.48. The van der Waals surface area contributed by atoms with Crippen LogP contribution in [0.2, 0.25) is 0 Å². The Balaban J connectivity index is 0.00000225. The third-order valence-corrected chi connectivity index (χ3v) is 6.13. The molecule has 2 aliphatic heterocycles. The van der Waals surface area contributed by atoms with Gasteiger partial charge in [0.25, 0.3) is 0 Å². The maximum Gasteiger partial charge on any atom is 0.241 e. The van der Waals surface area contributed by atoms with E-state index in [9.17, 15) is 13.2 Å². The van der Waals surface area contributed by atoms with Crippen molar-refractivity contribution in [2.75, 3.05) is 19.6 Å². The van der Waals surface area contributed by atoms with Gasteiger partial charge in [-0.05, 0) is 49.1 Å². The number of benzene rings is 1. The first-order valence-electron chi connectivity index (χ1n) is 8.09. The van der Waals surface area contributed by atoms with E-state index in [2.05, 4.69) is 4.72 Å². The molecule has 2 heterocycles. The van der Waals surface area contributed by atoms with Crippen LogP contribution < -0.4 is 10.5 Å². The number of ether oxygens (including phenoxy) is 1. The topological polar surface area (TPSA) is 102 Å². The predicted molar refractivity (Wildman–Crippen MR) is 95.7 cm³/mol. The third-order valence-electron chi connectivity index (χ3n) is 4.73. The molecule has 1 aromatic carbocycles. The number of nitrogens with one attached hydrogen (secondary N) is 1. The molecule has 0 spiro atoms. The van der Waals surface area contributed by atoms with Crippen LogP contribution in [0.5, 0.6) is 0 Å². The molecule has 0 radical (unpaired) electrons. The van der Waals surface area contributed by atoms with Crippen molar-refractivity contribution in [3.63, 3.8) is 0 Å². The fourth-order valence-electron chi connectivity index (χ4n) is 3.32. The second kappa shape index (κ2) is 8.01. The van der Waals surface area contributed by atoms with Gasteiger partial charge in [-0.2, -0.15) is 0 Å². The summed E-state index contributed by atoms with van der Waals surface area (Å²) in [5, 5.41) is 0. The van der Waals surface area contributed by atoms with Crippen molar-refractivity contribution >= 4 is 28.3 Å². The van der Waals surface area contributed by atoms with Gasteiger partial charge in [0.1, 0.15) is 0 Å². The van der Waals surface area contributed by atoms with E-state index in [1.165, 1.54) is 0 Å². The normalized spacial score (nSPS) is 22.6. The lowest BCUT2D eigenvalue weighted by Crippen LogP contribution is -2.42. The van der Waals surface area contributed by atoms with Gasteiger partial charge in [0.05, 0.1) is 24.7 Å². The number of fused-ring (bicyclic) bond motifs is 1. The highest BCUT2D eigenvalue weighted by Gasteiger charge is 2.32. The number of rotatable bonds is 5. The molecule has 7 nitrogen and oxygen atoms in total. The molecule has 1 amide bonds. The van der Waals surface area contributed by atoms with Gasteiger partial charge in [0.2, 0.25) is 15.9 Å². The summed E-state index contributed by atoms with van der Waals surface area (Å²) in [6.45, 7) is 3.78.